The lowest BCUT2D eigenvalue weighted by atomic mass is 9.83. The fourth-order valence-electron chi connectivity index (χ4n) is 4.39. The van der Waals surface area contributed by atoms with Gasteiger partial charge >= 0.3 is 11.9 Å². The first-order valence-electron chi connectivity index (χ1n) is 9.68. The summed E-state index contributed by atoms with van der Waals surface area (Å²) in [5.74, 6) is -0.777. The lowest BCUT2D eigenvalue weighted by Crippen LogP contribution is -2.28. The summed E-state index contributed by atoms with van der Waals surface area (Å²) < 4.78 is 21.9. The van der Waals surface area contributed by atoms with Crippen molar-refractivity contribution >= 4 is 11.9 Å². The van der Waals surface area contributed by atoms with Crippen LogP contribution in [0.4, 0.5) is 0 Å². The van der Waals surface area contributed by atoms with Gasteiger partial charge < -0.3 is 18.9 Å². The lowest BCUT2D eigenvalue weighted by Gasteiger charge is -2.22. The van der Waals surface area contributed by atoms with E-state index in [4.69, 9.17) is 18.9 Å². The van der Waals surface area contributed by atoms with E-state index in [2.05, 4.69) is 20.4 Å². The average molecular weight is 364 g/mol. The molecule has 2 saturated heterocycles. The van der Waals surface area contributed by atoms with Crippen molar-refractivity contribution in [2.75, 3.05) is 13.2 Å². The van der Waals surface area contributed by atoms with Crippen molar-refractivity contribution in [3.8, 4) is 0 Å². The summed E-state index contributed by atoms with van der Waals surface area (Å²) in [6, 6.07) is 0. The molecule has 0 radical (unpaired) electrons. The highest BCUT2D eigenvalue weighted by Crippen LogP contribution is 2.50. The molecule has 0 bridgehead atoms. The SMILES string of the molecule is C=C(C(=O)OCC1CCC2(C)OC2C1)C(=O)OCC1CCC2(C)OC2C1. The van der Waals surface area contributed by atoms with Gasteiger partial charge in [0.05, 0.1) is 36.6 Å². The van der Waals surface area contributed by atoms with Crippen LogP contribution in [0.3, 0.4) is 0 Å². The van der Waals surface area contributed by atoms with Crippen LogP contribution < -0.4 is 0 Å². The van der Waals surface area contributed by atoms with E-state index in [0.29, 0.717) is 37.3 Å². The molecule has 0 spiro atoms. The molecule has 0 N–H and O–H groups in total. The molecule has 4 fully saturated rings. The van der Waals surface area contributed by atoms with E-state index >= 15 is 0 Å². The number of carbonyl (C=O) groups excluding carboxylic acids is 2. The van der Waals surface area contributed by atoms with Crippen LogP contribution in [0.1, 0.15) is 52.4 Å². The van der Waals surface area contributed by atoms with E-state index in [1.807, 2.05) is 0 Å². The van der Waals surface area contributed by atoms with Crippen molar-refractivity contribution in [2.24, 2.45) is 11.8 Å². The molecule has 0 amide bonds. The second-order valence-corrected chi connectivity index (χ2v) is 8.79. The molecule has 6 nitrogen and oxygen atoms in total. The predicted molar refractivity (Wildman–Crippen MR) is 92.3 cm³/mol. The van der Waals surface area contributed by atoms with Crippen molar-refractivity contribution in [2.45, 2.75) is 75.8 Å². The monoisotopic (exact) mass is 364 g/mol. The number of hydrogen-bond acceptors (Lipinski definition) is 6. The molecule has 26 heavy (non-hydrogen) atoms. The molecular weight excluding hydrogens is 336 g/mol. The number of epoxide rings is 2. The molecule has 4 aliphatic rings. The Morgan fingerprint density at radius 3 is 1.73 bits per heavy atom. The Hall–Kier alpha value is -1.40. The van der Waals surface area contributed by atoms with Gasteiger partial charge in [0.15, 0.2) is 0 Å². The van der Waals surface area contributed by atoms with Crippen molar-refractivity contribution < 1.29 is 28.5 Å². The van der Waals surface area contributed by atoms with Gasteiger partial charge in [-0.05, 0) is 64.2 Å². The molecule has 0 aromatic carbocycles. The maximum Gasteiger partial charge on any atom is 0.344 e. The smallest absolute Gasteiger partial charge is 0.344 e. The van der Waals surface area contributed by atoms with Gasteiger partial charge in [-0.3, -0.25) is 0 Å². The predicted octanol–water partition coefficient (Wildman–Crippen LogP) is 2.54. The van der Waals surface area contributed by atoms with Gasteiger partial charge in [-0.15, -0.1) is 0 Å². The molecule has 4 rings (SSSR count). The van der Waals surface area contributed by atoms with Crippen LogP contribution in [0.25, 0.3) is 0 Å². The summed E-state index contributed by atoms with van der Waals surface area (Å²) in [6.07, 6.45) is 6.33. The highest BCUT2D eigenvalue weighted by molar-refractivity contribution is 6.13. The first-order chi connectivity index (χ1) is 12.3. The molecule has 6 heteroatoms. The second kappa shape index (κ2) is 6.34. The second-order valence-electron chi connectivity index (χ2n) is 8.79. The van der Waals surface area contributed by atoms with Gasteiger partial charge in [0.2, 0.25) is 0 Å². The molecule has 6 unspecified atom stereocenters. The Bertz CT molecular complexity index is 578. The molecular formula is C20H28O6. The minimum atomic E-state index is -0.679. The van der Waals surface area contributed by atoms with Crippen LogP contribution in [-0.2, 0) is 28.5 Å². The van der Waals surface area contributed by atoms with E-state index < -0.39 is 11.9 Å². The Morgan fingerprint density at radius 2 is 1.35 bits per heavy atom. The van der Waals surface area contributed by atoms with Crippen LogP contribution in [0.2, 0.25) is 0 Å². The quantitative estimate of drug-likeness (QED) is 0.237. The maximum atomic E-state index is 12.1. The third-order valence-corrected chi connectivity index (χ3v) is 6.66. The zero-order valence-corrected chi connectivity index (χ0v) is 15.6. The minimum Gasteiger partial charge on any atom is -0.462 e. The van der Waals surface area contributed by atoms with Gasteiger partial charge in [0.1, 0.15) is 5.57 Å². The number of carbonyl (C=O) groups is 2. The Morgan fingerprint density at radius 1 is 0.923 bits per heavy atom. The molecule has 2 saturated carbocycles. The van der Waals surface area contributed by atoms with Crippen LogP contribution >= 0.6 is 0 Å². The number of fused-ring (bicyclic) bond motifs is 2. The molecule has 0 aromatic heterocycles. The largest absolute Gasteiger partial charge is 0.462 e. The van der Waals surface area contributed by atoms with E-state index in [9.17, 15) is 9.59 Å². The number of esters is 2. The van der Waals surface area contributed by atoms with Gasteiger partial charge in [-0.1, -0.05) is 6.58 Å². The molecule has 2 heterocycles. The molecule has 144 valence electrons. The van der Waals surface area contributed by atoms with Crippen LogP contribution in [0, 0.1) is 11.8 Å². The topological polar surface area (TPSA) is 77.7 Å². The van der Waals surface area contributed by atoms with Crippen LogP contribution in [0.15, 0.2) is 12.2 Å². The standard InChI is InChI=1S/C20H28O6/c1-12(17(21)23-10-13-4-6-19(2)15(8-13)25-19)18(22)24-11-14-5-7-20(3)16(9-14)26-20/h13-16H,1,4-11H2,2-3H3. The zero-order chi connectivity index (χ0) is 18.5. The zero-order valence-electron chi connectivity index (χ0n) is 15.6. The van der Waals surface area contributed by atoms with Crippen molar-refractivity contribution in [3.05, 3.63) is 12.2 Å². The summed E-state index contributed by atoms with van der Waals surface area (Å²) in [6.45, 7) is 8.42. The summed E-state index contributed by atoms with van der Waals surface area (Å²) in [5.41, 5.74) is -0.122. The summed E-state index contributed by atoms with van der Waals surface area (Å²) >= 11 is 0. The number of rotatable bonds is 6. The molecule has 2 aliphatic carbocycles. The van der Waals surface area contributed by atoms with Crippen LogP contribution in [0.5, 0.6) is 0 Å². The third-order valence-electron chi connectivity index (χ3n) is 6.66. The van der Waals surface area contributed by atoms with E-state index in [0.717, 1.165) is 38.5 Å². The first kappa shape index (κ1) is 18.0. The van der Waals surface area contributed by atoms with Gasteiger partial charge in [0.25, 0.3) is 0 Å². The van der Waals surface area contributed by atoms with Crippen LogP contribution in [-0.4, -0.2) is 48.6 Å². The van der Waals surface area contributed by atoms with Crippen molar-refractivity contribution in [3.63, 3.8) is 0 Å². The average Bonchev–Trinajstić information content (AvgIpc) is 3.49. The lowest BCUT2D eigenvalue weighted by molar-refractivity contribution is -0.148. The van der Waals surface area contributed by atoms with E-state index in [-0.39, 0.29) is 16.8 Å². The first-order valence-corrected chi connectivity index (χ1v) is 9.68. The summed E-state index contributed by atoms with van der Waals surface area (Å²) in [7, 11) is 0. The summed E-state index contributed by atoms with van der Waals surface area (Å²) in [5, 5.41) is 0. The molecule has 2 aliphatic heterocycles. The van der Waals surface area contributed by atoms with Crippen molar-refractivity contribution in [1.82, 2.24) is 0 Å². The van der Waals surface area contributed by atoms with Gasteiger partial charge in [-0.2, -0.15) is 0 Å². The normalized spacial score (nSPS) is 42.8. The van der Waals surface area contributed by atoms with Gasteiger partial charge in [0, 0.05) is 0 Å². The maximum absolute atomic E-state index is 12.1. The van der Waals surface area contributed by atoms with E-state index in [1.165, 1.54) is 0 Å². The van der Waals surface area contributed by atoms with Gasteiger partial charge in [-0.25, -0.2) is 9.59 Å². The third kappa shape index (κ3) is 3.54. The Labute approximate surface area is 154 Å². The molecule has 6 atom stereocenters. The highest BCUT2D eigenvalue weighted by Gasteiger charge is 2.56. The number of hydrogen-bond donors (Lipinski definition) is 0. The fraction of sp³-hybridized carbons (Fsp3) is 0.800. The number of ether oxygens (including phenoxy) is 4. The highest BCUT2D eigenvalue weighted by atomic mass is 16.6. The minimum absolute atomic E-state index is 0.0516. The Kier molecular flexibility index (Phi) is 4.39. The summed E-state index contributed by atoms with van der Waals surface area (Å²) in [4.78, 5) is 24.1. The Balaban J connectivity index is 1.15. The van der Waals surface area contributed by atoms with Crippen molar-refractivity contribution in [1.29, 1.82) is 0 Å². The fourth-order valence-corrected chi connectivity index (χ4v) is 4.39. The molecule has 0 aromatic rings. The van der Waals surface area contributed by atoms with E-state index in [1.54, 1.807) is 0 Å².